The molecule has 6 saturated heterocycles. The third kappa shape index (κ3) is 10.1. The van der Waals surface area contributed by atoms with Crippen LogP contribution in [0.5, 0.6) is 0 Å². The Kier molecular flexibility index (Phi) is 17.3. The van der Waals surface area contributed by atoms with E-state index in [1.165, 1.54) is 50.5 Å². The van der Waals surface area contributed by atoms with Gasteiger partial charge in [0, 0.05) is 56.2 Å². The summed E-state index contributed by atoms with van der Waals surface area (Å²) in [5.41, 5.74) is -6.74. The quantitative estimate of drug-likeness (QED) is 0.0924. The molecule has 2 spiro atoms. The van der Waals surface area contributed by atoms with E-state index in [0.717, 1.165) is 6.42 Å². The van der Waals surface area contributed by atoms with Gasteiger partial charge in [-0.1, -0.05) is 61.5 Å². The first kappa shape index (κ1) is 57.4. The predicted octanol–water partition coefficient (Wildman–Crippen LogP) is -0.0197. The minimum Gasteiger partial charge on any atom is -0.414 e. The molecule has 6 aliphatic rings. The van der Waals surface area contributed by atoms with Crippen LogP contribution in [0.25, 0.3) is 0 Å². The summed E-state index contributed by atoms with van der Waals surface area (Å²) in [5.74, 6) is 0. The molecule has 6 aliphatic heterocycles. The predicted molar refractivity (Wildman–Crippen MR) is 267 cm³/mol. The summed E-state index contributed by atoms with van der Waals surface area (Å²) in [7, 11) is -5.81. The lowest BCUT2D eigenvalue weighted by atomic mass is 9.86. The fraction of sp³-hybridized carbons (Fsp3) is 0.702. The standard InChI is InChI=1S/C24H42N2O7Si2.C12H16N2O6.C11H14N2O6/c1-10-12-24(29)21-19(31-22(24)26-13-11-20(27)25-23(26)28)14-30-34(15(2)3,16(4)5)33-35(32-21,17(6)7)18(8)9;15-6-7-9(17)12(3-1-5-19-12)10(20-7)14-4-2-8(16)13-11(14)18;14-5-6-8(16)11(2-4-18-11)9(19-6)13-3-1-7(15)12-10(13)17/h10-11,13,15-19,21-22,29H,1,12,14H2,2-9H3,(H,25,27,28);2,4,7,9-10,15,17H,1,3,5-6H2,(H,13,16,18);1,3,6,8-9,14,16H,2,4-5H2,(H,12,15,17)/t19?,21-,22?,24-;7?,9-,10?,12-;6?,8-,9?,11-/m111/s1. The monoisotopic (exact) mass is 1080 g/mol. The number of nitrogens with one attached hydrogen (secondary N) is 3. The Morgan fingerprint density at radius 2 is 1.08 bits per heavy atom. The Bertz CT molecular complexity index is 2780. The minimum absolute atomic E-state index is 0.0667. The molecule has 0 bridgehead atoms. The molecule has 27 heteroatoms. The molecule has 12 atom stereocenters. The van der Waals surface area contributed by atoms with Crippen LogP contribution in [0, 0.1) is 0 Å². The van der Waals surface area contributed by atoms with Crippen molar-refractivity contribution >= 4 is 17.1 Å². The van der Waals surface area contributed by atoms with Crippen molar-refractivity contribution in [1.82, 2.24) is 28.7 Å². The summed E-state index contributed by atoms with van der Waals surface area (Å²) < 4.78 is 53.1. The molecule has 8 N–H and O–H groups in total. The summed E-state index contributed by atoms with van der Waals surface area (Å²) in [6.07, 6.45) is -0.563. The first-order chi connectivity index (χ1) is 34.9. The van der Waals surface area contributed by atoms with E-state index in [0.29, 0.717) is 26.1 Å². The lowest BCUT2D eigenvalue weighted by Gasteiger charge is -2.52. The van der Waals surface area contributed by atoms with Crippen LogP contribution < -0.4 is 33.7 Å². The number of ether oxygens (including phenoxy) is 5. The van der Waals surface area contributed by atoms with E-state index in [1.807, 2.05) is 0 Å². The first-order valence-corrected chi connectivity index (χ1v) is 29.0. The van der Waals surface area contributed by atoms with Gasteiger partial charge in [-0.2, -0.15) is 0 Å². The van der Waals surface area contributed by atoms with Crippen LogP contribution in [0.1, 0.15) is 99.8 Å². The zero-order chi connectivity index (χ0) is 54.3. The maximum Gasteiger partial charge on any atom is 0.335 e. The Balaban J connectivity index is 0.000000174. The molecule has 74 heavy (non-hydrogen) atoms. The fourth-order valence-electron chi connectivity index (χ4n) is 11.2. The van der Waals surface area contributed by atoms with Gasteiger partial charge in [-0.3, -0.25) is 43.0 Å². The summed E-state index contributed by atoms with van der Waals surface area (Å²) in [5, 5.41) is 51.0. The van der Waals surface area contributed by atoms with Crippen molar-refractivity contribution in [3.05, 3.63) is 112 Å². The first-order valence-electron chi connectivity index (χ1n) is 25.0. The van der Waals surface area contributed by atoms with Crippen molar-refractivity contribution in [2.75, 3.05) is 33.0 Å². The molecule has 0 amide bonds. The minimum atomic E-state index is -3.02. The van der Waals surface area contributed by atoms with E-state index in [9.17, 15) is 54.3 Å². The largest absolute Gasteiger partial charge is 0.414 e. The van der Waals surface area contributed by atoms with E-state index in [4.69, 9.17) is 36.7 Å². The second-order valence-electron chi connectivity index (χ2n) is 20.8. The van der Waals surface area contributed by atoms with Crippen LogP contribution in [-0.2, 0) is 36.7 Å². The SMILES string of the molecule is C=CC[C@]1(O)C(n2ccc(=O)[nH]c2=O)OC2CO[Si](C(C)C)(C(C)C)O[Si](C(C)C)(C(C)C)O[C@H]21.O=c1ccn(C2OC(CO)[C@@H](O)[C@]23CCCO3)c(=O)[nH]1.O=c1ccn(C2OC(CO)[C@@H](O)[C@]23CCO3)c(=O)[nH]1. The van der Waals surface area contributed by atoms with Gasteiger partial charge in [-0.05, 0) is 35.0 Å². The Morgan fingerprint density at radius 1 is 0.662 bits per heavy atom. The maximum absolute atomic E-state index is 12.7. The van der Waals surface area contributed by atoms with Gasteiger partial charge in [-0.15, -0.1) is 6.58 Å². The number of aromatic amines is 3. The molecule has 0 aliphatic carbocycles. The molecule has 3 aromatic heterocycles. The van der Waals surface area contributed by atoms with Crippen molar-refractivity contribution in [2.45, 2.75) is 175 Å². The highest BCUT2D eigenvalue weighted by Gasteiger charge is 2.66. The van der Waals surface area contributed by atoms with Gasteiger partial charge in [0.15, 0.2) is 18.7 Å². The Morgan fingerprint density at radius 3 is 1.43 bits per heavy atom. The fourth-order valence-corrected chi connectivity index (χ4v) is 22.5. The lowest BCUT2D eigenvalue weighted by molar-refractivity contribution is -0.227. The third-order valence-corrected chi connectivity index (χ3v) is 25.4. The summed E-state index contributed by atoms with van der Waals surface area (Å²) in [6, 6.07) is 3.62. The van der Waals surface area contributed by atoms with E-state index < -0.39 is 123 Å². The van der Waals surface area contributed by atoms with Gasteiger partial charge < -0.3 is 62.2 Å². The zero-order valence-electron chi connectivity index (χ0n) is 42.9. The van der Waals surface area contributed by atoms with Crippen LogP contribution in [0.3, 0.4) is 0 Å². The van der Waals surface area contributed by atoms with Crippen molar-refractivity contribution in [3.63, 3.8) is 0 Å². The highest BCUT2D eigenvalue weighted by atomic mass is 28.5. The Labute approximate surface area is 427 Å². The van der Waals surface area contributed by atoms with Crippen molar-refractivity contribution in [2.24, 2.45) is 0 Å². The average molecular weight is 1080 g/mol. The number of aromatic nitrogens is 6. The van der Waals surface area contributed by atoms with Crippen LogP contribution in [0.2, 0.25) is 22.2 Å². The molecule has 6 unspecified atom stereocenters. The Hall–Kier alpha value is -4.31. The van der Waals surface area contributed by atoms with Crippen molar-refractivity contribution in [3.8, 4) is 0 Å². The number of nitrogens with zero attached hydrogens (tertiary/aromatic N) is 3. The molecule has 6 fully saturated rings. The van der Waals surface area contributed by atoms with Gasteiger partial charge in [0.1, 0.15) is 53.4 Å². The van der Waals surface area contributed by atoms with E-state index in [-0.39, 0.29) is 48.4 Å². The average Bonchev–Trinajstić information content (AvgIpc) is 4.06. The molecule has 3 aromatic rings. The topological polar surface area (TPSA) is 340 Å². The molecule has 0 aromatic carbocycles. The number of fused-ring (bicyclic) bond motifs is 1. The van der Waals surface area contributed by atoms with Gasteiger partial charge in [0.2, 0.25) is 0 Å². The summed E-state index contributed by atoms with van der Waals surface area (Å²) in [6.45, 7) is 21.1. The summed E-state index contributed by atoms with van der Waals surface area (Å²) >= 11 is 0. The van der Waals surface area contributed by atoms with Crippen LogP contribution in [0.4, 0.5) is 0 Å². The molecular weight excluding hydrogens is 1010 g/mol. The van der Waals surface area contributed by atoms with Crippen molar-refractivity contribution in [1.29, 1.82) is 0 Å². The molecular formula is C47H72N6O19Si2. The third-order valence-electron chi connectivity index (χ3n) is 15.1. The van der Waals surface area contributed by atoms with Gasteiger partial charge in [-0.25, -0.2) is 14.4 Å². The van der Waals surface area contributed by atoms with Gasteiger partial charge in [0.05, 0.1) is 26.4 Å². The smallest absolute Gasteiger partial charge is 0.335 e. The molecule has 412 valence electrons. The van der Waals surface area contributed by atoms with E-state index in [2.05, 4.69) is 76.9 Å². The highest BCUT2D eigenvalue weighted by molar-refractivity contribution is 6.84. The zero-order valence-corrected chi connectivity index (χ0v) is 44.9. The number of hydrogen-bond donors (Lipinski definition) is 8. The molecule has 25 nitrogen and oxygen atoms in total. The number of aliphatic hydroxyl groups is 5. The number of H-pyrrole nitrogens is 3. The molecule has 9 heterocycles. The van der Waals surface area contributed by atoms with Crippen LogP contribution in [-0.4, -0.2) is 158 Å². The normalized spacial score (nSPS) is 34.0. The number of rotatable bonds is 11. The number of hydrogen-bond acceptors (Lipinski definition) is 19. The second-order valence-corrected chi connectivity index (χ2v) is 29.7. The lowest BCUT2D eigenvalue weighted by Crippen LogP contribution is -2.67. The summed E-state index contributed by atoms with van der Waals surface area (Å²) in [4.78, 5) is 76.8. The highest BCUT2D eigenvalue weighted by Crippen LogP contribution is 2.52. The number of aliphatic hydroxyl groups excluding tert-OH is 4. The van der Waals surface area contributed by atoms with E-state index >= 15 is 0 Å². The van der Waals surface area contributed by atoms with Crippen molar-refractivity contribution < 1.29 is 62.2 Å². The van der Waals surface area contributed by atoms with E-state index in [1.54, 1.807) is 6.08 Å². The second kappa shape index (κ2) is 22.3. The van der Waals surface area contributed by atoms with Gasteiger partial charge in [0.25, 0.3) is 16.7 Å². The van der Waals surface area contributed by atoms with Crippen LogP contribution in [0.15, 0.2) is 78.2 Å². The molecule has 0 radical (unpaired) electrons. The van der Waals surface area contributed by atoms with Crippen LogP contribution >= 0.6 is 0 Å². The van der Waals surface area contributed by atoms with Gasteiger partial charge >= 0.3 is 34.2 Å². The maximum atomic E-state index is 12.7. The molecule has 9 rings (SSSR count). The molecule has 0 saturated carbocycles.